The second kappa shape index (κ2) is 39.5. The molecule has 112 heavy (non-hydrogen) atoms. The zero-order chi connectivity index (χ0) is 89.4. The molecule has 0 bridgehead atoms. The maximum Gasteiger partial charge on any atom is 0.215 e. The van der Waals surface area contributed by atoms with Gasteiger partial charge in [0.25, 0.3) is 0 Å². The third-order valence-corrected chi connectivity index (χ3v) is 21.6. The van der Waals surface area contributed by atoms with Gasteiger partial charge in [-0.05, 0) is 244 Å². The zero-order valence-corrected chi connectivity index (χ0v) is 71.4. The minimum absolute atomic E-state index is 0.353. The van der Waals surface area contributed by atoms with Crippen LogP contribution in [0.5, 0.6) is 0 Å². The fourth-order valence-electron chi connectivity index (χ4n) is 14.1. The predicted molar refractivity (Wildman–Crippen MR) is 471 cm³/mol. The lowest BCUT2D eigenvalue weighted by Gasteiger charge is -2.08. The Bertz CT molecular complexity index is 5870. The monoisotopic (exact) mass is 1490 g/mol. The molecule has 0 saturated heterocycles. The highest BCUT2D eigenvalue weighted by molar-refractivity contribution is 5.69. The first-order valence-electron chi connectivity index (χ1n) is 43.2. The molecular weight excluding hydrogens is 1360 g/mol. The molecule has 0 atom stereocenters. The summed E-state index contributed by atoms with van der Waals surface area (Å²) in [6.07, 6.45) is 4.24. The number of aromatic nitrogens is 7. The van der Waals surface area contributed by atoms with E-state index in [1.807, 2.05) is 122 Å². The van der Waals surface area contributed by atoms with Gasteiger partial charge >= 0.3 is 0 Å². The topological polar surface area (TPSA) is 27.2 Å². The second-order valence-electron chi connectivity index (χ2n) is 30.1. The van der Waals surface area contributed by atoms with Crippen LogP contribution in [0.4, 0.5) is 0 Å². The van der Waals surface area contributed by atoms with Gasteiger partial charge in [-0.2, -0.15) is 22.8 Å². The van der Waals surface area contributed by atoms with E-state index in [-0.39, 0.29) is 0 Å². The van der Waals surface area contributed by atoms with Crippen LogP contribution in [0.15, 0.2) is 255 Å². The molecule has 0 N–H and O–H groups in total. The largest absolute Gasteiger partial charge is 0.215 e. The number of nitrogens with zero attached hydrogens (tertiary/aromatic N) is 7. The summed E-state index contributed by atoms with van der Waals surface area (Å²) in [6.45, 7) is 31.8. The van der Waals surface area contributed by atoms with Crippen molar-refractivity contribution in [1.82, 2.24) is 0 Å². The van der Waals surface area contributed by atoms with E-state index in [9.17, 15) is 0 Å². The van der Waals surface area contributed by atoms with E-state index in [0.717, 1.165) is 61.6 Å². The molecule has 14 aromatic rings. The summed E-state index contributed by atoms with van der Waals surface area (Å²) >= 11 is 0. The van der Waals surface area contributed by atoms with Crippen molar-refractivity contribution in [3.63, 3.8) is 0 Å². The molecule has 574 valence electrons. The molecule has 0 aliphatic carbocycles. The van der Waals surface area contributed by atoms with E-state index in [1.165, 1.54) is 118 Å². The smallest absolute Gasteiger partial charge is 0.201 e. The van der Waals surface area contributed by atoms with Crippen LogP contribution < -0.4 is 32.0 Å². The number of aryl methyl sites for hydroxylation is 21. The quantitative estimate of drug-likeness (QED) is 0.142. The molecule has 0 spiro atoms. The highest BCUT2D eigenvalue weighted by atomic mass is 15.0. The first-order chi connectivity index (χ1) is 56.8. The molecule has 0 radical (unpaired) electrons. The number of benzene rings is 7. The van der Waals surface area contributed by atoms with Gasteiger partial charge < -0.3 is 0 Å². The maximum absolute atomic E-state index is 7.61. The van der Waals surface area contributed by atoms with E-state index in [0.29, 0.717) is 17.1 Å². The fourth-order valence-corrected chi connectivity index (χ4v) is 14.1. The molecule has 0 aliphatic heterocycles. The Hall–Kier alpha value is -11.4. The zero-order valence-electron chi connectivity index (χ0n) is 80.4. The summed E-state index contributed by atoms with van der Waals surface area (Å²) in [5.41, 5.74) is 40.4. The molecule has 7 heterocycles. The van der Waals surface area contributed by atoms with E-state index in [1.54, 1.807) is 45.0 Å². The van der Waals surface area contributed by atoms with E-state index < -0.39 is 20.6 Å². The molecule has 0 amide bonds. The standard InChI is InChI=1S/7C15H18N/c2*1-11-7-5-8-12(2)15(11)14-10-6-9-13(3)16(14)4;1-11-8-9-12(2)14(10-11)15-7-5-6-13(3)16(15)4;2*1-11-8-9-16(4)15(10-11)14-7-5-6-12(2)13(14)3;2*1-11-7-5-6-8-14(11)15-12(2)9-10-13(3)16(15)4/h7*5-10H,1-4H3/q7*+1/i3D3;;3D3;;;3D3;. The molecule has 0 saturated carbocycles. The van der Waals surface area contributed by atoms with Crippen molar-refractivity contribution >= 4 is 0 Å². The highest BCUT2D eigenvalue weighted by Gasteiger charge is 2.22. The first kappa shape index (κ1) is 73.4. The van der Waals surface area contributed by atoms with Crippen LogP contribution in [-0.2, 0) is 49.3 Å². The van der Waals surface area contributed by atoms with E-state index >= 15 is 0 Å². The minimum Gasteiger partial charge on any atom is -0.201 e. The van der Waals surface area contributed by atoms with Crippen LogP contribution >= 0.6 is 0 Å². The van der Waals surface area contributed by atoms with Crippen LogP contribution in [-0.4, -0.2) is 0 Å². The maximum atomic E-state index is 7.61. The molecule has 7 heteroatoms. The summed E-state index contributed by atoms with van der Waals surface area (Å²) in [4.78, 5) is 0. The summed E-state index contributed by atoms with van der Waals surface area (Å²) in [5, 5.41) is 0. The van der Waals surface area contributed by atoms with E-state index in [2.05, 4.69) is 294 Å². The summed E-state index contributed by atoms with van der Waals surface area (Å²) in [5.74, 6) is 0. The summed E-state index contributed by atoms with van der Waals surface area (Å²) < 4.78 is 82.5. The van der Waals surface area contributed by atoms with Crippen molar-refractivity contribution in [3.05, 3.63) is 373 Å². The average Bonchev–Trinajstić information content (AvgIpc) is 0.759. The van der Waals surface area contributed by atoms with Gasteiger partial charge in [0.1, 0.15) is 49.3 Å². The van der Waals surface area contributed by atoms with Gasteiger partial charge in [-0.1, -0.05) is 115 Å². The molecule has 0 aliphatic rings. The Morgan fingerprint density at radius 2 is 0.500 bits per heavy atom. The number of rotatable bonds is 7. The van der Waals surface area contributed by atoms with Crippen molar-refractivity contribution in [1.29, 1.82) is 0 Å². The Kier molecular flexibility index (Phi) is 25.9. The van der Waals surface area contributed by atoms with Crippen molar-refractivity contribution in [3.8, 4) is 78.8 Å². The van der Waals surface area contributed by atoms with Crippen molar-refractivity contribution < 1.29 is 44.3 Å². The van der Waals surface area contributed by atoms with Gasteiger partial charge in [-0.25, -0.2) is 9.13 Å². The molecular formula is C105H126N7+7. The Morgan fingerprint density at radius 1 is 0.205 bits per heavy atom. The van der Waals surface area contributed by atoms with Crippen molar-refractivity contribution in [2.45, 2.75) is 145 Å². The second-order valence-corrected chi connectivity index (χ2v) is 30.1. The predicted octanol–water partition coefficient (Wildman–Crippen LogP) is 21.7. The number of hydrogen-bond acceptors (Lipinski definition) is 0. The lowest BCUT2D eigenvalue weighted by molar-refractivity contribution is -0.667. The minimum atomic E-state index is -2.10. The summed E-state index contributed by atoms with van der Waals surface area (Å²) in [7, 11) is 13.9. The average molecular weight is 1500 g/mol. The third-order valence-electron chi connectivity index (χ3n) is 21.6. The highest BCUT2D eigenvalue weighted by Crippen LogP contribution is 2.30. The molecule has 7 nitrogen and oxygen atoms in total. The Balaban J connectivity index is 0.000000176. The van der Waals surface area contributed by atoms with Gasteiger partial charge in [0.15, 0.2) is 40.9 Å². The van der Waals surface area contributed by atoms with Crippen molar-refractivity contribution in [2.75, 3.05) is 0 Å². The molecule has 7 aromatic heterocycles. The lowest BCUT2D eigenvalue weighted by atomic mass is 9.99. The van der Waals surface area contributed by atoms with Gasteiger partial charge in [0, 0.05) is 158 Å². The van der Waals surface area contributed by atoms with Crippen LogP contribution in [0.1, 0.15) is 130 Å². The lowest BCUT2D eigenvalue weighted by Crippen LogP contribution is -2.35. The molecule has 7 aromatic carbocycles. The molecule has 0 fully saturated rings. The van der Waals surface area contributed by atoms with Crippen LogP contribution in [0.2, 0.25) is 0 Å². The van der Waals surface area contributed by atoms with Gasteiger partial charge in [0.2, 0.25) is 39.9 Å². The normalized spacial score (nSPS) is 12.0. The molecule has 14 rings (SSSR count). The SMILES string of the molecule is Cc1cc[n+](C)c(-c2cccc(C)c2C)c1.Cc1cc[n+](C)c(-c2cccc(C)c2C)c1.Cc1cccc(C)c1-c1cccc(C)[n+]1C.Cc1ccccc1-c1c(C)ccc(C)[n+]1C.[2H]C([2H])([2H])c1ccc(C)c(-c2ccccc2C)[n+]1C.[2H]C([2H])([2H])c1cccc(-c2c(C)cccc2C)[n+]1C.[2H]C([2H])([2H])c1cccc(-c2cc(C)ccc2C)[n+]1C. The molecule has 0 unspecified atom stereocenters. The van der Waals surface area contributed by atoms with Crippen molar-refractivity contribution in [2.24, 2.45) is 49.3 Å². The Morgan fingerprint density at radius 3 is 0.929 bits per heavy atom. The number of pyridine rings is 7. The van der Waals surface area contributed by atoms with E-state index in [4.69, 9.17) is 12.3 Å². The Labute approximate surface area is 686 Å². The van der Waals surface area contributed by atoms with Gasteiger partial charge in [-0.15, -0.1) is 0 Å². The van der Waals surface area contributed by atoms with Gasteiger partial charge in [0.05, 0.1) is 11.1 Å². The van der Waals surface area contributed by atoms with Crippen LogP contribution in [0, 0.1) is 145 Å². The van der Waals surface area contributed by atoms with Crippen LogP contribution in [0.3, 0.4) is 0 Å². The third kappa shape index (κ3) is 21.4. The first-order valence-corrected chi connectivity index (χ1v) is 38.7. The number of hydrogen-bond donors (Lipinski definition) is 0. The summed E-state index contributed by atoms with van der Waals surface area (Å²) in [6, 6.07) is 82.3. The fraction of sp³-hybridized carbons (Fsp3) is 0.267. The van der Waals surface area contributed by atoms with Gasteiger partial charge in [-0.3, -0.25) is 0 Å². The van der Waals surface area contributed by atoms with Crippen LogP contribution in [0.25, 0.3) is 78.8 Å².